The number of amidine groups is 1. The van der Waals surface area contributed by atoms with Gasteiger partial charge < -0.3 is 13.9 Å². The Labute approximate surface area is 171 Å². The molecular formula is C23H23N2O3P. The molecule has 1 aliphatic rings. The molecular weight excluding hydrogens is 383 g/mol. The molecule has 0 radical (unpaired) electrons. The third-order valence-corrected chi connectivity index (χ3v) is 6.37. The highest BCUT2D eigenvalue weighted by Gasteiger charge is 2.33. The lowest BCUT2D eigenvalue weighted by Gasteiger charge is -2.35. The Morgan fingerprint density at radius 1 is 0.862 bits per heavy atom. The Morgan fingerprint density at radius 2 is 1.38 bits per heavy atom. The topological polar surface area (TPSA) is 51.1 Å². The molecule has 1 heterocycles. The molecule has 148 valence electrons. The van der Waals surface area contributed by atoms with Gasteiger partial charge in [0, 0.05) is 13.5 Å². The standard InChI is InChI=1S/C23H23N2O3P/c1-18-22-16-10-9-11-19(22)17-23(25(18)2)24-29(26,27-20-12-5-3-6-13-20)28-21-14-7-4-8-15-21/h3-16,18H,17H2,1-2H3. The second-order valence-electron chi connectivity index (χ2n) is 6.96. The van der Waals surface area contributed by atoms with Gasteiger partial charge in [-0.3, -0.25) is 0 Å². The SMILES string of the molecule is CC1c2ccccc2CC(=NP(=O)(Oc2ccccc2)Oc2ccccc2)N1C. The zero-order chi connectivity index (χ0) is 20.3. The first-order chi connectivity index (χ1) is 14.0. The van der Waals surface area contributed by atoms with Crippen LogP contribution in [-0.2, 0) is 11.0 Å². The Kier molecular flexibility index (Phi) is 5.41. The summed E-state index contributed by atoms with van der Waals surface area (Å²) in [5.41, 5.74) is 2.42. The van der Waals surface area contributed by atoms with Gasteiger partial charge in [0.2, 0.25) is 0 Å². The molecule has 0 aromatic heterocycles. The second kappa shape index (κ2) is 8.14. The fraction of sp³-hybridized carbons (Fsp3) is 0.174. The molecule has 1 aliphatic heterocycles. The summed E-state index contributed by atoms with van der Waals surface area (Å²) < 4.78 is 29.9. The molecule has 0 N–H and O–H groups in total. The monoisotopic (exact) mass is 406 g/mol. The van der Waals surface area contributed by atoms with Crippen molar-refractivity contribution in [1.29, 1.82) is 0 Å². The molecule has 29 heavy (non-hydrogen) atoms. The minimum absolute atomic E-state index is 0.112. The van der Waals surface area contributed by atoms with Gasteiger partial charge in [-0.25, -0.2) is 4.57 Å². The van der Waals surface area contributed by atoms with Crippen molar-refractivity contribution < 1.29 is 13.6 Å². The average molecular weight is 406 g/mol. The largest absolute Gasteiger partial charge is 0.564 e. The van der Waals surface area contributed by atoms with Crippen LogP contribution < -0.4 is 9.05 Å². The van der Waals surface area contributed by atoms with Gasteiger partial charge in [-0.2, -0.15) is 0 Å². The molecule has 6 heteroatoms. The molecule has 0 saturated heterocycles. The van der Waals surface area contributed by atoms with Crippen LogP contribution in [0.2, 0.25) is 0 Å². The third-order valence-electron chi connectivity index (χ3n) is 5.01. The Hall–Kier alpha value is -3.04. The first-order valence-electron chi connectivity index (χ1n) is 9.53. The van der Waals surface area contributed by atoms with E-state index in [1.807, 2.05) is 60.5 Å². The molecule has 0 spiro atoms. The van der Waals surface area contributed by atoms with Crippen molar-refractivity contribution in [2.75, 3.05) is 7.05 Å². The van der Waals surface area contributed by atoms with Gasteiger partial charge in [-0.15, -0.1) is 4.76 Å². The zero-order valence-corrected chi connectivity index (χ0v) is 17.3. The average Bonchev–Trinajstić information content (AvgIpc) is 2.73. The maximum absolute atomic E-state index is 13.7. The Balaban J connectivity index is 1.72. The predicted molar refractivity (Wildman–Crippen MR) is 116 cm³/mol. The quantitative estimate of drug-likeness (QED) is 0.495. The molecule has 1 atom stereocenters. The van der Waals surface area contributed by atoms with Crippen LogP contribution in [-0.4, -0.2) is 17.8 Å². The normalized spacial score (nSPS) is 17.7. The van der Waals surface area contributed by atoms with Gasteiger partial charge in [0.25, 0.3) is 0 Å². The smallest absolute Gasteiger partial charge is 0.399 e. The van der Waals surface area contributed by atoms with Crippen molar-refractivity contribution in [1.82, 2.24) is 4.90 Å². The maximum Gasteiger partial charge on any atom is 0.564 e. The number of hydrogen-bond donors (Lipinski definition) is 0. The highest BCUT2D eigenvalue weighted by Crippen LogP contribution is 2.51. The fourth-order valence-electron chi connectivity index (χ4n) is 3.37. The summed E-state index contributed by atoms with van der Waals surface area (Å²) in [6.45, 7) is 2.11. The van der Waals surface area contributed by atoms with E-state index in [9.17, 15) is 4.57 Å². The summed E-state index contributed by atoms with van der Waals surface area (Å²) >= 11 is 0. The highest BCUT2D eigenvalue weighted by molar-refractivity contribution is 7.53. The third kappa shape index (κ3) is 4.36. The number of likely N-dealkylation sites (N-methyl/N-ethyl adjacent to an activating group) is 1. The molecule has 0 bridgehead atoms. The molecule has 0 aliphatic carbocycles. The van der Waals surface area contributed by atoms with Crippen molar-refractivity contribution >= 4 is 13.6 Å². The number of rotatable bonds is 5. The lowest BCUT2D eigenvalue weighted by molar-refractivity contribution is 0.371. The highest BCUT2D eigenvalue weighted by atomic mass is 31.2. The van der Waals surface area contributed by atoms with Crippen molar-refractivity contribution in [3.63, 3.8) is 0 Å². The van der Waals surface area contributed by atoms with E-state index in [-0.39, 0.29) is 6.04 Å². The minimum atomic E-state index is -3.86. The Morgan fingerprint density at radius 3 is 1.97 bits per heavy atom. The summed E-state index contributed by atoms with van der Waals surface area (Å²) in [6, 6.07) is 26.3. The van der Waals surface area contributed by atoms with Crippen LogP contribution in [0.15, 0.2) is 89.7 Å². The van der Waals surface area contributed by atoms with Crippen LogP contribution in [0, 0.1) is 0 Å². The number of para-hydroxylation sites is 2. The summed E-state index contributed by atoms with van der Waals surface area (Å²) in [5, 5.41) is 0. The van der Waals surface area contributed by atoms with E-state index in [1.165, 1.54) is 11.1 Å². The van der Waals surface area contributed by atoms with Crippen LogP contribution in [0.4, 0.5) is 0 Å². The summed E-state index contributed by atoms with van der Waals surface area (Å²) in [4.78, 5) is 2.03. The van der Waals surface area contributed by atoms with E-state index in [2.05, 4.69) is 23.8 Å². The zero-order valence-electron chi connectivity index (χ0n) is 16.4. The van der Waals surface area contributed by atoms with Crippen molar-refractivity contribution in [3.05, 3.63) is 96.1 Å². The summed E-state index contributed by atoms with van der Waals surface area (Å²) in [5.74, 6) is 1.57. The first-order valence-corrected chi connectivity index (χ1v) is 11.0. The number of benzene rings is 3. The molecule has 0 saturated carbocycles. The number of fused-ring (bicyclic) bond motifs is 1. The second-order valence-corrected chi connectivity index (χ2v) is 8.46. The summed E-state index contributed by atoms with van der Waals surface area (Å²) in [6.07, 6.45) is 0.567. The van der Waals surface area contributed by atoms with Crippen LogP contribution in [0.1, 0.15) is 24.1 Å². The van der Waals surface area contributed by atoms with Crippen LogP contribution in [0.25, 0.3) is 0 Å². The predicted octanol–water partition coefficient (Wildman–Crippen LogP) is 5.90. The van der Waals surface area contributed by atoms with Crippen molar-refractivity contribution in [2.45, 2.75) is 19.4 Å². The number of nitrogens with zero attached hydrogens (tertiary/aromatic N) is 2. The van der Waals surface area contributed by atoms with Crippen LogP contribution in [0.5, 0.6) is 11.5 Å². The summed E-state index contributed by atoms with van der Waals surface area (Å²) in [7, 11) is -1.91. The van der Waals surface area contributed by atoms with Crippen molar-refractivity contribution in [2.24, 2.45) is 4.76 Å². The molecule has 1 unspecified atom stereocenters. The molecule has 4 rings (SSSR count). The molecule has 0 fully saturated rings. The van der Waals surface area contributed by atoms with Gasteiger partial charge in [0.1, 0.15) is 17.3 Å². The maximum atomic E-state index is 13.7. The van der Waals surface area contributed by atoms with E-state index in [0.717, 1.165) is 0 Å². The van der Waals surface area contributed by atoms with Gasteiger partial charge in [0.05, 0.1) is 6.04 Å². The van der Waals surface area contributed by atoms with Gasteiger partial charge in [-0.1, -0.05) is 60.7 Å². The van der Waals surface area contributed by atoms with E-state index in [1.54, 1.807) is 24.3 Å². The molecule has 3 aromatic rings. The molecule has 3 aromatic carbocycles. The van der Waals surface area contributed by atoms with Gasteiger partial charge in [0.15, 0.2) is 0 Å². The van der Waals surface area contributed by atoms with Gasteiger partial charge >= 0.3 is 7.75 Å². The molecule has 5 nitrogen and oxygen atoms in total. The van der Waals surface area contributed by atoms with E-state index in [4.69, 9.17) is 9.05 Å². The van der Waals surface area contributed by atoms with Crippen molar-refractivity contribution in [3.8, 4) is 11.5 Å². The van der Waals surface area contributed by atoms with Gasteiger partial charge in [-0.05, 0) is 42.3 Å². The van der Waals surface area contributed by atoms with E-state index in [0.29, 0.717) is 23.8 Å². The lowest BCUT2D eigenvalue weighted by Crippen LogP contribution is -2.36. The molecule has 0 amide bonds. The van der Waals surface area contributed by atoms with E-state index >= 15 is 0 Å². The van der Waals surface area contributed by atoms with Crippen LogP contribution >= 0.6 is 7.75 Å². The Bertz CT molecular complexity index is 1010. The fourth-order valence-corrected chi connectivity index (χ4v) is 4.76. The van der Waals surface area contributed by atoms with Crippen LogP contribution in [0.3, 0.4) is 0 Å². The first kappa shape index (κ1) is 19.3. The van der Waals surface area contributed by atoms with E-state index < -0.39 is 7.75 Å². The minimum Gasteiger partial charge on any atom is -0.399 e. The number of hydrogen-bond acceptors (Lipinski definition) is 3. The lowest BCUT2D eigenvalue weighted by atomic mass is 9.93.